The fourth-order valence-electron chi connectivity index (χ4n) is 2.94. The zero-order chi connectivity index (χ0) is 21.2. The average Bonchev–Trinajstić information content (AvgIpc) is 3.09. The Morgan fingerprint density at radius 1 is 1.00 bits per heavy atom. The number of nitrogens with zero attached hydrogens (tertiary/aromatic N) is 2. The van der Waals surface area contributed by atoms with Gasteiger partial charge in [0.05, 0.1) is 34.3 Å². The van der Waals surface area contributed by atoms with Crippen LogP contribution in [0, 0.1) is 0 Å². The lowest BCUT2D eigenvalue weighted by molar-refractivity contribution is 0.600. The normalized spacial score (nSPS) is 13.2. The molecule has 0 radical (unpaired) electrons. The Labute approximate surface area is 171 Å². The zero-order valence-electron chi connectivity index (χ0n) is 16.4. The maximum atomic E-state index is 12.2. The number of nitrogens with one attached hydrogen (secondary N) is 1. The highest BCUT2D eigenvalue weighted by molar-refractivity contribution is 7.91. The first-order chi connectivity index (χ1) is 13.5. The van der Waals surface area contributed by atoms with E-state index in [-0.39, 0.29) is 15.8 Å². The van der Waals surface area contributed by atoms with Crippen molar-refractivity contribution in [1.29, 1.82) is 0 Å². The molecule has 1 heterocycles. The molecule has 7 nitrogen and oxygen atoms in total. The van der Waals surface area contributed by atoms with Crippen LogP contribution < -0.4 is 5.32 Å². The number of sulfone groups is 2. The van der Waals surface area contributed by atoms with Crippen LogP contribution in [-0.2, 0) is 26.2 Å². The van der Waals surface area contributed by atoms with E-state index in [1.165, 1.54) is 18.2 Å². The van der Waals surface area contributed by atoms with Crippen LogP contribution in [0.1, 0.15) is 24.1 Å². The van der Waals surface area contributed by atoms with Crippen molar-refractivity contribution in [3.05, 3.63) is 72.1 Å². The van der Waals surface area contributed by atoms with Crippen LogP contribution in [0.2, 0.25) is 0 Å². The quantitative estimate of drug-likeness (QED) is 0.615. The largest absolute Gasteiger partial charge is 0.377 e. The van der Waals surface area contributed by atoms with Gasteiger partial charge in [-0.1, -0.05) is 30.3 Å². The highest BCUT2D eigenvalue weighted by atomic mass is 32.2. The maximum absolute atomic E-state index is 12.2. The third-order valence-electron chi connectivity index (χ3n) is 4.49. The van der Waals surface area contributed by atoms with Crippen molar-refractivity contribution < 1.29 is 16.8 Å². The van der Waals surface area contributed by atoms with Crippen LogP contribution in [0.25, 0.3) is 0 Å². The Morgan fingerprint density at radius 2 is 1.69 bits per heavy atom. The van der Waals surface area contributed by atoms with E-state index in [0.717, 1.165) is 23.6 Å². The Morgan fingerprint density at radius 3 is 2.31 bits per heavy atom. The Kier molecular flexibility index (Phi) is 5.81. The van der Waals surface area contributed by atoms with Crippen LogP contribution >= 0.6 is 0 Å². The lowest BCUT2D eigenvalue weighted by Gasteiger charge is -2.17. The van der Waals surface area contributed by atoms with Crippen molar-refractivity contribution in [3.63, 3.8) is 0 Å². The summed E-state index contributed by atoms with van der Waals surface area (Å²) in [7, 11) is -7.14. The molecule has 0 saturated heterocycles. The van der Waals surface area contributed by atoms with E-state index in [1.54, 1.807) is 6.20 Å². The van der Waals surface area contributed by atoms with Gasteiger partial charge in [-0.2, -0.15) is 5.10 Å². The number of rotatable bonds is 7. The van der Waals surface area contributed by atoms with Gasteiger partial charge in [-0.3, -0.25) is 4.68 Å². The standard InChI is InChI=1S/C20H23N3O4S2/c1-15(17-12-21-23(14-17)13-16-7-5-4-6-8-16)22-19-10-9-18(28(2,24)25)11-20(19)29(3,26)27/h4-12,14-15,22H,13H2,1-3H3. The van der Waals surface area contributed by atoms with Gasteiger partial charge in [0, 0.05) is 24.3 Å². The Hall–Kier alpha value is -2.65. The van der Waals surface area contributed by atoms with E-state index >= 15 is 0 Å². The highest BCUT2D eigenvalue weighted by Gasteiger charge is 2.19. The summed E-state index contributed by atoms with van der Waals surface area (Å²) in [6.07, 6.45) is 5.73. The van der Waals surface area contributed by atoms with Crippen molar-refractivity contribution >= 4 is 25.4 Å². The zero-order valence-corrected chi connectivity index (χ0v) is 18.0. The van der Waals surface area contributed by atoms with Gasteiger partial charge in [0.15, 0.2) is 19.7 Å². The smallest absolute Gasteiger partial charge is 0.177 e. The third-order valence-corrected chi connectivity index (χ3v) is 6.74. The summed E-state index contributed by atoms with van der Waals surface area (Å²) in [5.41, 5.74) is 2.36. The lowest BCUT2D eigenvalue weighted by atomic mass is 10.2. The monoisotopic (exact) mass is 433 g/mol. The molecule has 9 heteroatoms. The Bertz CT molecular complexity index is 1220. The van der Waals surface area contributed by atoms with Crippen LogP contribution in [0.15, 0.2) is 70.7 Å². The predicted octanol–water partition coefficient (Wildman–Crippen LogP) is 2.91. The van der Waals surface area contributed by atoms with Gasteiger partial charge in [-0.05, 0) is 30.7 Å². The average molecular weight is 434 g/mol. The molecular formula is C20H23N3O4S2. The molecule has 3 rings (SSSR count). The van der Waals surface area contributed by atoms with Crippen LogP contribution in [0.3, 0.4) is 0 Å². The minimum Gasteiger partial charge on any atom is -0.377 e. The summed E-state index contributed by atoms with van der Waals surface area (Å²) < 4.78 is 49.8. The first kappa shape index (κ1) is 21.1. The summed E-state index contributed by atoms with van der Waals surface area (Å²) >= 11 is 0. The van der Waals surface area contributed by atoms with E-state index < -0.39 is 19.7 Å². The summed E-state index contributed by atoms with van der Waals surface area (Å²) in [6.45, 7) is 2.52. The number of benzene rings is 2. The second-order valence-corrected chi connectivity index (χ2v) is 11.0. The van der Waals surface area contributed by atoms with E-state index in [0.29, 0.717) is 12.2 Å². The van der Waals surface area contributed by atoms with Gasteiger partial charge in [0.1, 0.15) is 0 Å². The topological polar surface area (TPSA) is 98.1 Å². The van der Waals surface area contributed by atoms with Crippen molar-refractivity contribution in [2.45, 2.75) is 29.3 Å². The fourth-order valence-corrected chi connectivity index (χ4v) is 4.53. The highest BCUT2D eigenvalue weighted by Crippen LogP contribution is 2.28. The number of aromatic nitrogens is 2. The lowest BCUT2D eigenvalue weighted by Crippen LogP contribution is -2.11. The molecule has 0 saturated carbocycles. The van der Waals surface area contributed by atoms with E-state index in [2.05, 4.69) is 10.4 Å². The van der Waals surface area contributed by atoms with Gasteiger partial charge in [-0.25, -0.2) is 16.8 Å². The molecule has 0 bridgehead atoms. The molecule has 2 aromatic carbocycles. The van der Waals surface area contributed by atoms with Gasteiger partial charge in [0.25, 0.3) is 0 Å². The van der Waals surface area contributed by atoms with Crippen LogP contribution in [0.4, 0.5) is 5.69 Å². The molecule has 29 heavy (non-hydrogen) atoms. The van der Waals surface area contributed by atoms with Crippen molar-refractivity contribution in [1.82, 2.24) is 9.78 Å². The molecule has 154 valence electrons. The second kappa shape index (κ2) is 8.00. The molecule has 1 aromatic heterocycles. The molecule has 1 unspecified atom stereocenters. The van der Waals surface area contributed by atoms with E-state index in [9.17, 15) is 16.8 Å². The number of anilines is 1. The molecule has 1 atom stereocenters. The van der Waals surface area contributed by atoms with Gasteiger partial charge in [0.2, 0.25) is 0 Å². The minimum absolute atomic E-state index is 0.0354. The first-order valence-corrected chi connectivity index (χ1v) is 12.7. The molecule has 1 N–H and O–H groups in total. The van der Waals surface area contributed by atoms with Crippen molar-refractivity contribution in [2.24, 2.45) is 0 Å². The minimum atomic E-state index is -3.63. The molecule has 0 amide bonds. The third kappa shape index (κ3) is 5.24. The van der Waals surface area contributed by atoms with E-state index in [1.807, 2.05) is 48.1 Å². The summed E-state index contributed by atoms with van der Waals surface area (Å²) in [5.74, 6) is 0. The molecular weight excluding hydrogens is 410 g/mol. The first-order valence-electron chi connectivity index (χ1n) is 8.91. The molecule has 0 aliphatic rings. The van der Waals surface area contributed by atoms with Crippen molar-refractivity contribution in [2.75, 3.05) is 17.8 Å². The summed E-state index contributed by atoms with van der Waals surface area (Å²) in [5, 5.41) is 7.53. The number of hydrogen-bond donors (Lipinski definition) is 1. The Balaban J connectivity index is 1.84. The second-order valence-electron chi connectivity index (χ2n) is 7.03. The van der Waals surface area contributed by atoms with Gasteiger partial charge in [-0.15, -0.1) is 0 Å². The predicted molar refractivity (Wildman–Crippen MR) is 112 cm³/mol. The van der Waals surface area contributed by atoms with Crippen LogP contribution in [0.5, 0.6) is 0 Å². The summed E-state index contributed by atoms with van der Waals surface area (Å²) in [4.78, 5) is -0.0873. The molecule has 3 aromatic rings. The number of hydrogen-bond acceptors (Lipinski definition) is 6. The fraction of sp³-hybridized carbons (Fsp3) is 0.250. The van der Waals surface area contributed by atoms with Gasteiger partial charge < -0.3 is 5.32 Å². The molecule has 0 fully saturated rings. The van der Waals surface area contributed by atoms with E-state index in [4.69, 9.17) is 0 Å². The SMILES string of the molecule is CC(Nc1ccc(S(C)(=O)=O)cc1S(C)(=O)=O)c1cnn(Cc2ccccc2)c1. The van der Waals surface area contributed by atoms with Gasteiger partial charge >= 0.3 is 0 Å². The summed E-state index contributed by atoms with van der Waals surface area (Å²) in [6, 6.07) is 13.8. The van der Waals surface area contributed by atoms with Crippen molar-refractivity contribution in [3.8, 4) is 0 Å². The maximum Gasteiger partial charge on any atom is 0.177 e. The molecule has 0 aliphatic heterocycles. The molecule has 0 spiro atoms. The van der Waals surface area contributed by atoms with Crippen LogP contribution in [-0.4, -0.2) is 39.1 Å². The molecule has 0 aliphatic carbocycles.